The van der Waals surface area contributed by atoms with Crippen LogP contribution in [0.5, 0.6) is 0 Å². The molecule has 1 unspecified atom stereocenters. The van der Waals surface area contributed by atoms with Crippen LogP contribution in [0.2, 0.25) is 0 Å². The molecule has 6 heteroatoms. The summed E-state index contributed by atoms with van der Waals surface area (Å²) in [6.07, 6.45) is -0.269. The van der Waals surface area contributed by atoms with E-state index in [9.17, 15) is 14.7 Å². The lowest BCUT2D eigenvalue weighted by molar-refractivity contribution is -0.153. The van der Waals surface area contributed by atoms with Crippen LogP contribution in [0.25, 0.3) is 0 Å². The maximum absolute atomic E-state index is 11.7. The first kappa shape index (κ1) is 19.7. The van der Waals surface area contributed by atoms with Crippen molar-refractivity contribution < 1.29 is 24.2 Å². The Labute approximate surface area is 127 Å². The molecule has 0 aromatic carbocycles. The van der Waals surface area contributed by atoms with E-state index in [1.807, 2.05) is 20.8 Å². The molecule has 0 rings (SSSR count). The monoisotopic (exact) mass is 303 g/mol. The van der Waals surface area contributed by atoms with Gasteiger partial charge in [-0.1, -0.05) is 13.8 Å². The molecule has 0 saturated carbocycles. The third kappa shape index (κ3) is 6.80. The number of hydrogen-bond donors (Lipinski definition) is 2. The molecule has 2 N–H and O–H groups in total. The number of aliphatic carboxylic acids is 1. The zero-order valence-corrected chi connectivity index (χ0v) is 14.0. The number of ether oxygens (including phenoxy) is 2. The van der Waals surface area contributed by atoms with Gasteiger partial charge < -0.3 is 19.9 Å². The number of amides is 1. The lowest BCUT2D eigenvalue weighted by Crippen LogP contribution is -2.48. The number of hydrogen-bond acceptors (Lipinski definition) is 4. The first-order valence-corrected chi connectivity index (χ1v) is 7.33. The number of carbonyl (C=O) groups excluding carboxylic acids is 1. The van der Waals surface area contributed by atoms with Crippen LogP contribution >= 0.6 is 0 Å². The molecule has 0 fully saturated rings. The molecule has 124 valence electrons. The average molecular weight is 303 g/mol. The van der Waals surface area contributed by atoms with Crippen molar-refractivity contribution in [3.05, 3.63) is 0 Å². The van der Waals surface area contributed by atoms with Crippen molar-refractivity contribution in [1.29, 1.82) is 0 Å². The van der Waals surface area contributed by atoms with Gasteiger partial charge in [0.1, 0.15) is 5.60 Å². The fraction of sp³-hybridized carbons (Fsp3) is 0.867. The van der Waals surface area contributed by atoms with Crippen LogP contribution in [-0.4, -0.2) is 42.5 Å². The van der Waals surface area contributed by atoms with Crippen molar-refractivity contribution in [2.75, 3.05) is 19.8 Å². The molecule has 21 heavy (non-hydrogen) atoms. The van der Waals surface area contributed by atoms with Gasteiger partial charge in [0.25, 0.3) is 0 Å². The van der Waals surface area contributed by atoms with Gasteiger partial charge in [0.2, 0.25) is 0 Å². The van der Waals surface area contributed by atoms with Gasteiger partial charge in [0.05, 0.1) is 5.41 Å². The van der Waals surface area contributed by atoms with E-state index in [0.717, 1.165) is 0 Å². The van der Waals surface area contributed by atoms with Crippen LogP contribution in [0.15, 0.2) is 0 Å². The molecule has 0 aliphatic carbocycles. The van der Waals surface area contributed by atoms with Crippen LogP contribution in [0.1, 0.15) is 48.0 Å². The highest BCUT2D eigenvalue weighted by Crippen LogP contribution is 2.31. The van der Waals surface area contributed by atoms with Crippen LogP contribution in [0, 0.1) is 11.3 Å². The molecule has 0 radical (unpaired) electrons. The van der Waals surface area contributed by atoms with Gasteiger partial charge in [-0.05, 0) is 40.0 Å². The molecule has 0 aliphatic heterocycles. The number of carboxylic acid groups (broad SMARTS) is 1. The van der Waals surface area contributed by atoms with E-state index in [0.29, 0.717) is 19.6 Å². The predicted molar refractivity (Wildman–Crippen MR) is 80.3 cm³/mol. The van der Waals surface area contributed by atoms with E-state index in [-0.39, 0.29) is 12.5 Å². The van der Waals surface area contributed by atoms with E-state index in [4.69, 9.17) is 9.47 Å². The molecular formula is C15H29NO5. The smallest absolute Gasteiger partial charge is 0.407 e. The van der Waals surface area contributed by atoms with Crippen LogP contribution in [-0.2, 0) is 14.3 Å². The van der Waals surface area contributed by atoms with Crippen molar-refractivity contribution in [2.45, 2.75) is 53.6 Å². The fourth-order valence-corrected chi connectivity index (χ4v) is 1.95. The van der Waals surface area contributed by atoms with Gasteiger partial charge in [0, 0.05) is 19.8 Å². The van der Waals surface area contributed by atoms with Crippen molar-refractivity contribution in [3.63, 3.8) is 0 Å². The number of carbonyl (C=O) groups is 2. The summed E-state index contributed by atoms with van der Waals surface area (Å²) in [5.74, 6) is -1.08. The summed E-state index contributed by atoms with van der Waals surface area (Å²) in [6.45, 7) is 11.7. The van der Waals surface area contributed by atoms with Crippen molar-refractivity contribution >= 4 is 12.1 Å². The average Bonchev–Trinajstić information content (AvgIpc) is 2.30. The van der Waals surface area contributed by atoms with E-state index in [1.165, 1.54) is 0 Å². The third-order valence-corrected chi connectivity index (χ3v) is 3.37. The molecule has 1 atom stereocenters. The Balaban J connectivity index is 4.82. The number of nitrogens with one attached hydrogen (secondary N) is 1. The Bertz CT molecular complexity index is 348. The van der Waals surface area contributed by atoms with Gasteiger partial charge in [-0.15, -0.1) is 0 Å². The van der Waals surface area contributed by atoms with Crippen molar-refractivity contribution in [2.24, 2.45) is 11.3 Å². The quantitative estimate of drug-likeness (QED) is 0.673. The highest BCUT2D eigenvalue weighted by atomic mass is 16.6. The highest BCUT2D eigenvalue weighted by Gasteiger charge is 2.42. The van der Waals surface area contributed by atoms with Crippen LogP contribution in [0.3, 0.4) is 0 Å². The summed E-state index contributed by atoms with van der Waals surface area (Å²) in [7, 11) is 0. The Kier molecular flexibility index (Phi) is 7.71. The number of carboxylic acids is 1. The van der Waals surface area contributed by atoms with E-state index >= 15 is 0 Å². The first-order valence-electron chi connectivity index (χ1n) is 7.33. The number of rotatable bonds is 8. The third-order valence-electron chi connectivity index (χ3n) is 3.37. The van der Waals surface area contributed by atoms with E-state index in [1.54, 1.807) is 20.8 Å². The minimum Gasteiger partial charge on any atom is -0.481 e. The van der Waals surface area contributed by atoms with Gasteiger partial charge in [-0.3, -0.25) is 4.79 Å². The molecule has 0 aliphatic rings. The Morgan fingerprint density at radius 3 is 2.19 bits per heavy atom. The van der Waals surface area contributed by atoms with Crippen LogP contribution in [0.4, 0.5) is 4.79 Å². The lowest BCUT2D eigenvalue weighted by atomic mass is 9.74. The van der Waals surface area contributed by atoms with Crippen molar-refractivity contribution in [1.82, 2.24) is 5.32 Å². The zero-order chi connectivity index (χ0) is 16.7. The molecule has 0 bridgehead atoms. The molecule has 0 heterocycles. The molecule has 0 aromatic heterocycles. The minimum atomic E-state index is -1.06. The maximum atomic E-state index is 11.7. The normalized spacial score (nSPS) is 14.6. The summed E-state index contributed by atoms with van der Waals surface area (Å²) in [4.78, 5) is 23.4. The summed E-state index contributed by atoms with van der Waals surface area (Å²) in [5, 5.41) is 12.2. The molecule has 0 aromatic rings. The summed E-state index contributed by atoms with van der Waals surface area (Å²) < 4.78 is 10.4. The van der Waals surface area contributed by atoms with E-state index in [2.05, 4.69) is 5.32 Å². The largest absolute Gasteiger partial charge is 0.481 e. The molecule has 0 saturated heterocycles. The predicted octanol–water partition coefficient (Wildman–Crippen LogP) is 2.66. The molecule has 6 nitrogen and oxygen atoms in total. The van der Waals surface area contributed by atoms with Gasteiger partial charge in [-0.2, -0.15) is 0 Å². The second kappa shape index (κ2) is 8.22. The minimum absolute atomic E-state index is 0.0159. The highest BCUT2D eigenvalue weighted by molar-refractivity contribution is 5.76. The van der Waals surface area contributed by atoms with Gasteiger partial charge in [-0.25, -0.2) is 4.79 Å². The zero-order valence-electron chi connectivity index (χ0n) is 14.0. The summed E-state index contributed by atoms with van der Waals surface area (Å²) in [5.41, 5.74) is -1.68. The van der Waals surface area contributed by atoms with E-state index < -0.39 is 23.1 Å². The Hall–Kier alpha value is -1.30. The maximum Gasteiger partial charge on any atom is 0.407 e. The lowest BCUT2D eigenvalue weighted by Gasteiger charge is -2.33. The second-order valence-electron chi connectivity index (χ2n) is 6.42. The first-order chi connectivity index (χ1) is 9.55. The molecule has 0 spiro atoms. The summed E-state index contributed by atoms with van der Waals surface area (Å²) in [6, 6.07) is 0. The molecule has 1 amide bonds. The standard InChI is InChI=1S/C15H29NO5/c1-7-20-9-8-15(11(2)3,12(17)18)10-16-13(19)21-14(4,5)6/h11H,7-10H2,1-6H3,(H,16,19)(H,17,18). The van der Waals surface area contributed by atoms with Crippen molar-refractivity contribution in [3.8, 4) is 0 Å². The molecular weight excluding hydrogens is 274 g/mol. The topological polar surface area (TPSA) is 84.9 Å². The van der Waals surface area contributed by atoms with Gasteiger partial charge >= 0.3 is 12.1 Å². The van der Waals surface area contributed by atoms with Crippen LogP contribution < -0.4 is 5.32 Å². The van der Waals surface area contributed by atoms with Gasteiger partial charge in [0.15, 0.2) is 0 Å². The summed E-state index contributed by atoms with van der Waals surface area (Å²) >= 11 is 0. The fourth-order valence-electron chi connectivity index (χ4n) is 1.95. The second-order valence-corrected chi connectivity index (χ2v) is 6.42. The number of alkyl carbamates (subject to hydrolysis) is 1. The Morgan fingerprint density at radius 1 is 1.24 bits per heavy atom. The SMILES string of the molecule is CCOCCC(CNC(=O)OC(C)(C)C)(C(=O)O)C(C)C. The Morgan fingerprint density at radius 2 is 1.81 bits per heavy atom.